The van der Waals surface area contributed by atoms with Crippen LogP contribution in [0.5, 0.6) is 0 Å². The van der Waals surface area contributed by atoms with Crippen LogP contribution in [-0.4, -0.2) is 5.60 Å². The van der Waals surface area contributed by atoms with Gasteiger partial charge in [-0.25, -0.2) is 0 Å². The minimum absolute atomic E-state index is 0.0624. The van der Waals surface area contributed by atoms with E-state index in [1.54, 1.807) is 0 Å². The Bertz CT molecular complexity index is 499. The fourth-order valence-corrected chi connectivity index (χ4v) is 6.11. The molecule has 1 unspecified atom stereocenters. The first-order valence-electron chi connectivity index (χ1n) is 7.85. The van der Waals surface area contributed by atoms with Crippen molar-refractivity contribution in [1.29, 1.82) is 0 Å². The molecule has 0 N–H and O–H groups in total. The lowest BCUT2D eigenvalue weighted by atomic mass is 9.54. The number of aryl methyl sites for hydroxylation is 1. The molecular weight excluding hydrogens is 267 g/mol. The van der Waals surface area contributed by atoms with E-state index >= 15 is 0 Å². The van der Waals surface area contributed by atoms with E-state index in [1.807, 2.05) is 24.3 Å². The van der Waals surface area contributed by atoms with E-state index < -0.39 is 8.03 Å². The van der Waals surface area contributed by atoms with Crippen LogP contribution in [0.3, 0.4) is 0 Å². The van der Waals surface area contributed by atoms with Gasteiger partial charge in [0.25, 0.3) is 0 Å². The summed E-state index contributed by atoms with van der Waals surface area (Å²) in [5.74, 6) is 2.51. The SMILES string of the molecule is Cc1ccc([P+](=O)OC23CC4CC(CC(C4)C2)C3)cc1. The molecule has 4 saturated carbocycles. The molecule has 2 nitrogen and oxygen atoms in total. The van der Waals surface area contributed by atoms with Crippen LogP contribution in [0.15, 0.2) is 24.3 Å². The van der Waals surface area contributed by atoms with Gasteiger partial charge >= 0.3 is 8.03 Å². The molecule has 20 heavy (non-hydrogen) atoms. The monoisotopic (exact) mass is 289 g/mol. The smallest absolute Gasteiger partial charge is 0.135 e. The zero-order chi connectivity index (χ0) is 13.7. The summed E-state index contributed by atoms with van der Waals surface area (Å²) in [6.07, 6.45) is 7.61. The Morgan fingerprint density at radius 1 is 1.00 bits per heavy atom. The van der Waals surface area contributed by atoms with Gasteiger partial charge in [-0.1, -0.05) is 17.7 Å². The first-order valence-corrected chi connectivity index (χ1v) is 9.03. The van der Waals surface area contributed by atoms with Crippen LogP contribution in [0.2, 0.25) is 0 Å². The van der Waals surface area contributed by atoms with Crippen LogP contribution in [0.4, 0.5) is 0 Å². The Morgan fingerprint density at radius 2 is 1.50 bits per heavy atom. The normalized spacial score (nSPS) is 39.0. The van der Waals surface area contributed by atoms with E-state index in [9.17, 15) is 4.57 Å². The van der Waals surface area contributed by atoms with Gasteiger partial charge in [-0.2, -0.15) is 0 Å². The van der Waals surface area contributed by atoms with E-state index in [0.717, 1.165) is 42.3 Å². The maximum Gasteiger partial charge on any atom is 0.549 e. The quantitative estimate of drug-likeness (QED) is 0.773. The molecule has 0 heterocycles. The second-order valence-corrected chi connectivity index (χ2v) is 8.50. The molecule has 1 aromatic carbocycles. The molecule has 4 fully saturated rings. The second kappa shape index (κ2) is 4.64. The molecule has 4 bridgehead atoms. The highest BCUT2D eigenvalue weighted by atomic mass is 31.1. The first-order chi connectivity index (χ1) is 9.62. The van der Waals surface area contributed by atoms with Crippen molar-refractivity contribution < 1.29 is 9.09 Å². The Balaban J connectivity index is 1.53. The minimum atomic E-state index is -1.70. The topological polar surface area (TPSA) is 26.3 Å². The van der Waals surface area contributed by atoms with E-state index in [2.05, 4.69) is 6.92 Å². The largest absolute Gasteiger partial charge is 0.549 e. The first kappa shape index (κ1) is 13.0. The summed E-state index contributed by atoms with van der Waals surface area (Å²) in [5.41, 5.74) is 1.14. The van der Waals surface area contributed by atoms with E-state index in [-0.39, 0.29) is 5.60 Å². The Labute approximate surface area is 121 Å². The third-order valence-electron chi connectivity index (χ3n) is 5.50. The van der Waals surface area contributed by atoms with Crippen molar-refractivity contribution in [3.8, 4) is 0 Å². The molecule has 0 amide bonds. The van der Waals surface area contributed by atoms with Crippen molar-refractivity contribution in [3.63, 3.8) is 0 Å². The second-order valence-electron chi connectivity index (χ2n) is 7.28. The van der Waals surface area contributed by atoms with Crippen LogP contribution >= 0.6 is 8.03 Å². The lowest BCUT2D eigenvalue weighted by Gasteiger charge is -2.53. The fourth-order valence-electron chi connectivity index (χ4n) is 5.04. The van der Waals surface area contributed by atoms with Gasteiger partial charge < -0.3 is 0 Å². The average molecular weight is 289 g/mol. The predicted molar refractivity (Wildman–Crippen MR) is 80.4 cm³/mol. The van der Waals surface area contributed by atoms with Crippen molar-refractivity contribution in [3.05, 3.63) is 29.8 Å². The Morgan fingerprint density at radius 3 is 2.00 bits per heavy atom. The summed E-state index contributed by atoms with van der Waals surface area (Å²) in [5, 5.41) is 0.848. The number of rotatable bonds is 3. The molecule has 0 spiro atoms. The molecule has 3 heteroatoms. The highest BCUT2D eigenvalue weighted by molar-refractivity contribution is 7.48. The minimum Gasteiger partial charge on any atom is -0.135 e. The molecule has 1 atom stereocenters. The predicted octanol–water partition coefficient (Wildman–Crippen LogP) is 4.35. The average Bonchev–Trinajstić information content (AvgIpc) is 2.37. The molecule has 4 aliphatic carbocycles. The standard InChI is InChI=1S/C17H22O2P/c1-12-2-4-16(5-3-12)20(18)19-17-9-13-6-14(10-17)8-15(7-13)11-17/h2-5,13-15H,6-11H2,1H3/q+1. The van der Waals surface area contributed by atoms with Crippen molar-refractivity contribution >= 4 is 13.3 Å². The summed E-state index contributed by atoms with van der Waals surface area (Å²) in [6.45, 7) is 2.05. The Kier molecular flexibility index (Phi) is 3.01. The van der Waals surface area contributed by atoms with Gasteiger partial charge in [-0.15, -0.1) is 4.52 Å². The Hall–Kier alpha value is -0.720. The van der Waals surface area contributed by atoms with E-state index in [1.165, 1.54) is 24.8 Å². The summed E-state index contributed by atoms with van der Waals surface area (Å²) < 4.78 is 18.8. The van der Waals surface area contributed by atoms with Gasteiger partial charge in [-0.3, -0.25) is 0 Å². The molecule has 1 aromatic rings. The van der Waals surface area contributed by atoms with Crippen molar-refractivity contribution in [1.82, 2.24) is 0 Å². The maximum atomic E-state index is 12.6. The van der Waals surface area contributed by atoms with Crippen LogP contribution in [0.25, 0.3) is 0 Å². The number of hydrogen-bond donors (Lipinski definition) is 0. The van der Waals surface area contributed by atoms with Crippen LogP contribution in [0, 0.1) is 24.7 Å². The third kappa shape index (κ3) is 2.23. The van der Waals surface area contributed by atoms with Crippen molar-refractivity contribution in [2.45, 2.75) is 51.0 Å². The summed E-state index contributed by atoms with van der Waals surface area (Å²) in [6, 6.07) is 7.94. The molecule has 0 saturated heterocycles. The molecule has 0 aromatic heterocycles. The maximum absolute atomic E-state index is 12.6. The number of hydrogen-bond acceptors (Lipinski definition) is 2. The number of benzene rings is 1. The molecule has 0 aliphatic heterocycles. The molecule has 5 rings (SSSR count). The third-order valence-corrected chi connectivity index (χ3v) is 6.78. The summed E-state index contributed by atoms with van der Waals surface area (Å²) >= 11 is 0. The fraction of sp³-hybridized carbons (Fsp3) is 0.647. The molecule has 106 valence electrons. The zero-order valence-corrected chi connectivity index (χ0v) is 12.9. The highest BCUT2D eigenvalue weighted by Gasteiger charge is 2.55. The lowest BCUT2D eigenvalue weighted by molar-refractivity contribution is -0.103. The van der Waals surface area contributed by atoms with E-state index in [4.69, 9.17) is 4.52 Å². The lowest BCUT2D eigenvalue weighted by Crippen LogP contribution is -2.51. The highest BCUT2D eigenvalue weighted by Crippen LogP contribution is 2.59. The van der Waals surface area contributed by atoms with Gasteiger partial charge in [0.1, 0.15) is 5.60 Å². The van der Waals surface area contributed by atoms with Gasteiger partial charge in [0, 0.05) is 0 Å². The van der Waals surface area contributed by atoms with E-state index in [0.29, 0.717) is 0 Å². The molecule has 0 radical (unpaired) electrons. The van der Waals surface area contributed by atoms with Gasteiger partial charge in [0.15, 0.2) is 0 Å². The van der Waals surface area contributed by atoms with Crippen LogP contribution in [-0.2, 0) is 9.09 Å². The van der Waals surface area contributed by atoms with Crippen molar-refractivity contribution in [2.24, 2.45) is 17.8 Å². The molecule has 4 aliphatic rings. The van der Waals surface area contributed by atoms with Gasteiger partial charge in [0.2, 0.25) is 5.30 Å². The van der Waals surface area contributed by atoms with Crippen LogP contribution < -0.4 is 5.30 Å². The van der Waals surface area contributed by atoms with Gasteiger partial charge in [0.05, 0.1) is 0 Å². The van der Waals surface area contributed by atoms with Crippen LogP contribution in [0.1, 0.15) is 44.1 Å². The zero-order valence-electron chi connectivity index (χ0n) is 12.0. The summed E-state index contributed by atoms with van der Waals surface area (Å²) in [7, 11) is -1.70. The molecular formula is C17H22O2P+. The summed E-state index contributed by atoms with van der Waals surface area (Å²) in [4.78, 5) is 0. The van der Waals surface area contributed by atoms with Gasteiger partial charge in [-0.05, 0) is 79.9 Å². The van der Waals surface area contributed by atoms with Crippen molar-refractivity contribution in [2.75, 3.05) is 0 Å².